The van der Waals surface area contributed by atoms with Crippen LogP contribution in [0.4, 0.5) is 0 Å². The van der Waals surface area contributed by atoms with Gasteiger partial charge in [0.05, 0.1) is 0 Å². The molecule has 1 rings (SSSR count). The number of ether oxygens (including phenoxy) is 1. The summed E-state index contributed by atoms with van der Waals surface area (Å²) in [5.74, 6) is 0.792. The molecule has 2 nitrogen and oxygen atoms in total. The maximum atomic E-state index is 10.7. The lowest BCUT2D eigenvalue weighted by Gasteiger charge is -2.06. The van der Waals surface area contributed by atoms with Gasteiger partial charge in [-0.3, -0.25) is 4.79 Å². The zero-order valence-corrected chi connectivity index (χ0v) is 9.22. The van der Waals surface area contributed by atoms with Gasteiger partial charge in [-0.25, -0.2) is 0 Å². The molecule has 0 radical (unpaired) electrons. The maximum Gasteiger partial charge on any atom is 0.167 e. The summed E-state index contributed by atoms with van der Waals surface area (Å²) in [7, 11) is 0. The second kappa shape index (κ2) is 4.42. The minimum atomic E-state index is 0.0299. The summed E-state index contributed by atoms with van der Waals surface area (Å²) in [6, 6.07) is 5.69. The number of aryl methyl sites for hydroxylation is 1. The van der Waals surface area contributed by atoms with Gasteiger partial charge in [-0.15, -0.1) is 0 Å². The van der Waals surface area contributed by atoms with E-state index in [1.807, 2.05) is 25.1 Å². The van der Waals surface area contributed by atoms with Gasteiger partial charge < -0.3 is 4.74 Å². The first-order valence-electron chi connectivity index (χ1n) is 3.98. The van der Waals surface area contributed by atoms with Crippen molar-refractivity contribution in [2.45, 2.75) is 13.8 Å². The molecule has 0 saturated heterocycles. The van der Waals surface area contributed by atoms with Gasteiger partial charge in [-0.2, -0.15) is 0 Å². The molecule has 0 N–H and O–H groups in total. The summed E-state index contributed by atoms with van der Waals surface area (Å²) < 4.78 is 6.30. The standard InChI is InChI=1S/C10H11BrO2/c1-7-5-9(11)3-4-10(7)13-6-8(2)12/h3-5H,6H2,1-2H3. The molecule has 0 atom stereocenters. The van der Waals surface area contributed by atoms with E-state index in [1.54, 1.807) is 0 Å². The minimum absolute atomic E-state index is 0.0299. The van der Waals surface area contributed by atoms with Gasteiger partial charge in [0.25, 0.3) is 0 Å². The third-order valence-corrected chi connectivity index (χ3v) is 2.06. The number of hydrogen-bond acceptors (Lipinski definition) is 2. The number of halogens is 1. The molecule has 0 unspecified atom stereocenters. The molecule has 0 aromatic heterocycles. The first-order chi connectivity index (χ1) is 6.09. The smallest absolute Gasteiger partial charge is 0.167 e. The molecule has 0 aliphatic heterocycles. The lowest BCUT2D eigenvalue weighted by atomic mass is 10.2. The van der Waals surface area contributed by atoms with Crippen molar-refractivity contribution in [1.82, 2.24) is 0 Å². The number of hydrogen-bond donors (Lipinski definition) is 0. The molecule has 0 amide bonds. The van der Waals surface area contributed by atoms with Gasteiger partial charge in [0, 0.05) is 4.47 Å². The fourth-order valence-corrected chi connectivity index (χ4v) is 1.43. The number of Topliss-reactive ketones (excluding diaryl/α,β-unsaturated/α-hetero) is 1. The molecule has 70 valence electrons. The normalized spacial score (nSPS) is 9.77. The molecule has 3 heteroatoms. The molecular formula is C10H11BrO2. The Balaban J connectivity index is 2.72. The summed E-state index contributed by atoms with van der Waals surface area (Å²) in [5, 5.41) is 0. The van der Waals surface area contributed by atoms with E-state index in [9.17, 15) is 4.79 Å². The summed E-state index contributed by atoms with van der Waals surface area (Å²) in [6.07, 6.45) is 0. The van der Waals surface area contributed by atoms with E-state index in [-0.39, 0.29) is 12.4 Å². The summed E-state index contributed by atoms with van der Waals surface area (Å²) >= 11 is 3.35. The average Bonchev–Trinajstić information content (AvgIpc) is 2.02. The van der Waals surface area contributed by atoms with E-state index in [4.69, 9.17) is 4.74 Å². The molecule has 0 heterocycles. The molecule has 0 bridgehead atoms. The molecular weight excluding hydrogens is 232 g/mol. The number of ketones is 1. The molecule has 1 aromatic carbocycles. The summed E-state index contributed by atoms with van der Waals surface area (Å²) in [5.41, 5.74) is 1.02. The van der Waals surface area contributed by atoms with Crippen molar-refractivity contribution in [1.29, 1.82) is 0 Å². The van der Waals surface area contributed by atoms with E-state index < -0.39 is 0 Å². The zero-order chi connectivity index (χ0) is 9.84. The van der Waals surface area contributed by atoms with Crippen LogP contribution in [0, 0.1) is 6.92 Å². The van der Waals surface area contributed by atoms with Crippen molar-refractivity contribution in [2.75, 3.05) is 6.61 Å². The summed E-state index contributed by atoms with van der Waals surface area (Å²) in [4.78, 5) is 10.7. The van der Waals surface area contributed by atoms with Gasteiger partial charge in [0.1, 0.15) is 12.4 Å². The lowest BCUT2D eigenvalue weighted by Crippen LogP contribution is -2.07. The molecule has 0 fully saturated rings. The molecule has 0 aliphatic rings. The van der Waals surface area contributed by atoms with Crippen LogP contribution in [-0.4, -0.2) is 12.4 Å². The molecule has 1 aromatic rings. The van der Waals surface area contributed by atoms with Crippen LogP contribution in [0.5, 0.6) is 5.75 Å². The van der Waals surface area contributed by atoms with Crippen molar-refractivity contribution >= 4 is 21.7 Å². The third kappa shape index (κ3) is 3.19. The van der Waals surface area contributed by atoms with Gasteiger partial charge in [-0.1, -0.05) is 15.9 Å². The Morgan fingerprint density at radius 1 is 1.54 bits per heavy atom. The van der Waals surface area contributed by atoms with E-state index in [2.05, 4.69) is 15.9 Å². The Labute approximate surface area is 86.0 Å². The van der Waals surface area contributed by atoms with Gasteiger partial charge in [-0.05, 0) is 37.6 Å². The number of carbonyl (C=O) groups is 1. The predicted molar refractivity (Wildman–Crippen MR) is 55.1 cm³/mol. The first kappa shape index (κ1) is 10.3. The van der Waals surface area contributed by atoms with Crippen LogP contribution in [0.3, 0.4) is 0 Å². The fraction of sp³-hybridized carbons (Fsp3) is 0.300. The van der Waals surface area contributed by atoms with Crippen LogP contribution < -0.4 is 4.74 Å². The lowest BCUT2D eigenvalue weighted by molar-refractivity contribution is -0.118. The average molecular weight is 243 g/mol. The zero-order valence-electron chi connectivity index (χ0n) is 7.63. The third-order valence-electron chi connectivity index (χ3n) is 1.57. The van der Waals surface area contributed by atoms with Crippen LogP contribution in [0.1, 0.15) is 12.5 Å². The number of benzene rings is 1. The largest absolute Gasteiger partial charge is 0.486 e. The quantitative estimate of drug-likeness (QED) is 0.815. The highest BCUT2D eigenvalue weighted by molar-refractivity contribution is 9.10. The van der Waals surface area contributed by atoms with E-state index in [1.165, 1.54) is 6.92 Å². The number of rotatable bonds is 3. The fourth-order valence-electron chi connectivity index (χ4n) is 0.954. The Kier molecular flexibility index (Phi) is 3.48. The minimum Gasteiger partial charge on any atom is -0.486 e. The van der Waals surface area contributed by atoms with Crippen LogP contribution in [0.15, 0.2) is 22.7 Å². The Morgan fingerprint density at radius 3 is 2.77 bits per heavy atom. The van der Waals surface area contributed by atoms with Crippen molar-refractivity contribution in [3.05, 3.63) is 28.2 Å². The Morgan fingerprint density at radius 2 is 2.23 bits per heavy atom. The monoisotopic (exact) mass is 242 g/mol. The maximum absolute atomic E-state index is 10.7. The van der Waals surface area contributed by atoms with E-state index in [0.717, 1.165) is 15.8 Å². The second-order valence-electron chi connectivity index (χ2n) is 2.90. The van der Waals surface area contributed by atoms with Crippen molar-refractivity contribution < 1.29 is 9.53 Å². The van der Waals surface area contributed by atoms with Crippen molar-refractivity contribution in [3.63, 3.8) is 0 Å². The Bertz CT molecular complexity index is 321. The van der Waals surface area contributed by atoms with Gasteiger partial charge >= 0.3 is 0 Å². The highest BCUT2D eigenvalue weighted by Crippen LogP contribution is 2.21. The molecule has 0 aliphatic carbocycles. The topological polar surface area (TPSA) is 26.3 Å². The highest BCUT2D eigenvalue weighted by atomic mass is 79.9. The highest BCUT2D eigenvalue weighted by Gasteiger charge is 2.00. The first-order valence-corrected chi connectivity index (χ1v) is 4.77. The Hall–Kier alpha value is -0.830. The van der Waals surface area contributed by atoms with Crippen LogP contribution >= 0.6 is 15.9 Å². The van der Waals surface area contributed by atoms with Crippen molar-refractivity contribution in [3.8, 4) is 5.75 Å². The number of carbonyl (C=O) groups excluding carboxylic acids is 1. The van der Waals surface area contributed by atoms with Crippen molar-refractivity contribution in [2.24, 2.45) is 0 Å². The van der Waals surface area contributed by atoms with Gasteiger partial charge in [0.2, 0.25) is 0 Å². The second-order valence-corrected chi connectivity index (χ2v) is 3.82. The molecule has 0 spiro atoms. The molecule has 13 heavy (non-hydrogen) atoms. The van der Waals surface area contributed by atoms with E-state index in [0.29, 0.717) is 0 Å². The summed E-state index contributed by atoms with van der Waals surface area (Å²) in [6.45, 7) is 3.59. The van der Waals surface area contributed by atoms with E-state index >= 15 is 0 Å². The van der Waals surface area contributed by atoms with Crippen LogP contribution in [0.2, 0.25) is 0 Å². The van der Waals surface area contributed by atoms with Crippen LogP contribution in [-0.2, 0) is 4.79 Å². The van der Waals surface area contributed by atoms with Crippen LogP contribution in [0.25, 0.3) is 0 Å². The predicted octanol–water partition coefficient (Wildman–Crippen LogP) is 2.73. The molecule has 0 saturated carbocycles. The van der Waals surface area contributed by atoms with Gasteiger partial charge in [0.15, 0.2) is 5.78 Å². The SMILES string of the molecule is CC(=O)COc1ccc(Br)cc1C.